The predicted molar refractivity (Wildman–Crippen MR) is 116 cm³/mol. The minimum absolute atomic E-state index is 0.0172. The van der Waals surface area contributed by atoms with Crippen LogP contribution in [0.3, 0.4) is 0 Å². The predicted octanol–water partition coefficient (Wildman–Crippen LogP) is 4.44. The summed E-state index contributed by atoms with van der Waals surface area (Å²) in [5, 5.41) is 0. The molecule has 0 unspecified atom stereocenters. The van der Waals surface area contributed by atoms with Crippen LogP contribution in [0.4, 0.5) is 4.39 Å². The fraction of sp³-hybridized carbons (Fsp3) is 0.654. The molecule has 0 amide bonds. The second kappa shape index (κ2) is 6.89. The smallest absolute Gasteiger partial charge is 0.311 e. The molecule has 5 heteroatoms. The average Bonchev–Trinajstić information content (AvgIpc) is 3.44. The van der Waals surface area contributed by atoms with Gasteiger partial charge in [0.05, 0.1) is 12.0 Å². The van der Waals surface area contributed by atoms with Gasteiger partial charge in [0.2, 0.25) is 0 Å². The lowest BCUT2D eigenvalue weighted by atomic mass is 9.53. The van der Waals surface area contributed by atoms with Crippen molar-refractivity contribution in [3.8, 4) is 0 Å². The van der Waals surface area contributed by atoms with Gasteiger partial charge in [-0.05, 0) is 54.9 Å². The van der Waals surface area contributed by atoms with E-state index in [9.17, 15) is 9.18 Å². The Balaban J connectivity index is 1.17. The molecule has 2 saturated heterocycles. The second-order valence-electron chi connectivity index (χ2n) is 10.8. The Bertz CT molecular complexity index is 929. The van der Waals surface area contributed by atoms with Crippen molar-refractivity contribution in [2.75, 3.05) is 19.6 Å². The van der Waals surface area contributed by atoms with Gasteiger partial charge in [-0.1, -0.05) is 38.5 Å². The molecule has 2 saturated carbocycles. The molecule has 3 heterocycles. The molecule has 31 heavy (non-hydrogen) atoms. The van der Waals surface area contributed by atoms with E-state index in [0.29, 0.717) is 5.92 Å². The normalized spacial score (nSPS) is 44.0. The summed E-state index contributed by atoms with van der Waals surface area (Å²) in [6.45, 7) is 7.19. The van der Waals surface area contributed by atoms with Crippen molar-refractivity contribution in [1.29, 1.82) is 0 Å². The van der Waals surface area contributed by atoms with E-state index >= 15 is 0 Å². The maximum absolute atomic E-state index is 13.2. The first-order chi connectivity index (χ1) is 14.9. The molecule has 4 fully saturated rings. The molecule has 3 aliphatic heterocycles. The van der Waals surface area contributed by atoms with Crippen LogP contribution in [-0.4, -0.2) is 48.3 Å². The highest BCUT2D eigenvalue weighted by Crippen LogP contribution is 2.70. The molecule has 2 aliphatic carbocycles. The van der Waals surface area contributed by atoms with Crippen LogP contribution >= 0.6 is 0 Å². The molecule has 7 atom stereocenters. The molecule has 166 valence electrons. The van der Waals surface area contributed by atoms with Gasteiger partial charge in [-0.25, -0.2) is 4.39 Å². The largest absolute Gasteiger partial charge is 0.462 e. The SMILES string of the molecule is C[C@@H]1CCC[C@@]2(C)C[C@H]3OC(=O)[C@H](CN4CC=C(c5ccc(F)cc5)CC4)[C@@H]3[C@@H]3O[C@]132. The maximum Gasteiger partial charge on any atom is 0.311 e. The summed E-state index contributed by atoms with van der Waals surface area (Å²) < 4.78 is 25.7. The number of epoxide rings is 1. The van der Waals surface area contributed by atoms with Crippen molar-refractivity contribution in [3.05, 3.63) is 41.7 Å². The van der Waals surface area contributed by atoms with Gasteiger partial charge in [0.15, 0.2) is 0 Å². The van der Waals surface area contributed by atoms with E-state index in [2.05, 4.69) is 24.8 Å². The van der Waals surface area contributed by atoms with Gasteiger partial charge < -0.3 is 9.47 Å². The van der Waals surface area contributed by atoms with E-state index in [-0.39, 0.29) is 46.8 Å². The van der Waals surface area contributed by atoms with Crippen LogP contribution in [0, 0.1) is 29.0 Å². The van der Waals surface area contributed by atoms with Crippen molar-refractivity contribution in [3.63, 3.8) is 0 Å². The number of halogens is 1. The fourth-order valence-electron chi connectivity index (χ4n) is 7.52. The number of benzene rings is 1. The average molecular weight is 426 g/mol. The first-order valence-corrected chi connectivity index (χ1v) is 12.0. The van der Waals surface area contributed by atoms with Crippen molar-refractivity contribution < 1.29 is 18.7 Å². The van der Waals surface area contributed by atoms with Crippen molar-refractivity contribution in [2.45, 2.75) is 63.8 Å². The fourth-order valence-corrected chi connectivity index (χ4v) is 7.52. The summed E-state index contributed by atoms with van der Waals surface area (Å²) in [6.07, 6.45) is 7.96. The molecule has 1 aromatic rings. The quantitative estimate of drug-likeness (QED) is 0.530. The number of hydrogen-bond acceptors (Lipinski definition) is 4. The third kappa shape index (κ3) is 2.88. The highest BCUT2D eigenvalue weighted by Gasteiger charge is 2.78. The third-order valence-electron chi connectivity index (χ3n) is 9.16. The van der Waals surface area contributed by atoms with Crippen LogP contribution < -0.4 is 0 Å². The van der Waals surface area contributed by atoms with Crippen molar-refractivity contribution in [2.24, 2.45) is 23.2 Å². The summed E-state index contributed by atoms with van der Waals surface area (Å²) >= 11 is 0. The zero-order chi connectivity index (χ0) is 21.4. The van der Waals surface area contributed by atoms with Gasteiger partial charge in [-0.2, -0.15) is 0 Å². The monoisotopic (exact) mass is 425 g/mol. The van der Waals surface area contributed by atoms with Crippen LogP contribution in [0.15, 0.2) is 30.3 Å². The van der Waals surface area contributed by atoms with Gasteiger partial charge in [-0.15, -0.1) is 0 Å². The molecule has 6 rings (SSSR count). The van der Waals surface area contributed by atoms with Crippen LogP contribution in [0.5, 0.6) is 0 Å². The number of ether oxygens (including phenoxy) is 2. The Hall–Kier alpha value is -1.72. The van der Waals surface area contributed by atoms with Crippen molar-refractivity contribution >= 4 is 11.5 Å². The Kier molecular flexibility index (Phi) is 4.43. The lowest BCUT2D eigenvalue weighted by Gasteiger charge is -2.49. The lowest BCUT2D eigenvalue weighted by molar-refractivity contribution is -0.146. The van der Waals surface area contributed by atoms with E-state index in [0.717, 1.165) is 38.0 Å². The first kappa shape index (κ1) is 19.9. The summed E-state index contributed by atoms with van der Waals surface area (Å²) in [7, 11) is 0. The van der Waals surface area contributed by atoms with Gasteiger partial charge in [-0.3, -0.25) is 9.69 Å². The summed E-state index contributed by atoms with van der Waals surface area (Å²) in [4.78, 5) is 15.3. The number of esters is 1. The second-order valence-corrected chi connectivity index (χ2v) is 10.8. The van der Waals surface area contributed by atoms with Gasteiger partial charge >= 0.3 is 5.97 Å². The van der Waals surface area contributed by atoms with Gasteiger partial charge in [0.1, 0.15) is 17.5 Å². The van der Waals surface area contributed by atoms with E-state index in [1.807, 2.05) is 12.1 Å². The van der Waals surface area contributed by atoms with Gasteiger partial charge in [0, 0.05) is 31.0 Å². The molecule has 0 aromatic heterocycles. The van der Waals surface area contributed by atoms with E-state index in [1.165, 1.54) is 37.0 Å². The van der Waals surface area contributed by atoms with Crippen LogP contribution in [0.1, 0.15) is 51.5 Å². The van der Waals surface area contributed by atoms with Gasteiger partial charge in [0.25, 0.3) is 0 Å². The van der Waals surface area contributed by atoms with Crippen LogP contribution in [0.2, 0.25) is 0 Å². The maximum atomic E-state index is 13.2. The lowest BCUT2D eigenvalue weighted by Crippen LogP contribution is -2.54. The minimum Gasteiger partial charge on any atom is -0.462 e. The number of nitrogens with zero attached hydrogens (tertiary/aromatic N) is 1. The molecular formula is C26H32FNO3. The number of hydrogen-bond donors (Lipinski definition) is 0. The molecule has 1 spiro atoms. The summed E-state index contributed by atoms with van der Waals surface area (Å²) in [6, 6.07) is 6.74. The highest BCUT2D eigenvalue weighted by atomic mass is 19.1. The first-order valence-electron chi connectivity index (χ1n) is 12.0. The summed E-state index contributed by atoms with van der Waals surface area (Å²) in [5.41, 5.74) is 2.46. The third-order valence-corrected chi connectivity index (χ3v) is 9.16. The number of rotatable bonds is 3. The van der Waals surface area contributed by atoms with Crippen LogP contribution in [0.25, 0.3) is 5.57 Å². The molecule has 0 bridgehead atoms. The highest BCUT2D eigenvalue weighted by molar-refractivity contribution is 5.76. The molecule has 5 aliphatic rings. The van der Waals surface area contributed by atoms with E-state index < -0.39 is 0 Å². The van der Waals surface area contributed by atoms with Crippen molar-refractivity contribution in [1.82, 2.24) is 4.90 Å². The molecular weight excluding hydrogens is 393 g/mol. The number of carbonyl (C=O) groups is 1. The minimum atomic E-state index is -0.202. The van der Waals surface area contributed by atoms with Crippen LogP contribution in [-0.2, 0) is 14.3 Å². The number of fused-ring (bicyclic) bond motifs is 2. The Morgan fingerprint density at radius 1 is 1.26 bits per heavy atom. The Morgan fingerprint density at radius 3 is 2.81 bits per heavy atom. The Morgan fingerprint density at radius 2 is 2.06 bits per heavy atom. The zero-order valence-corrected chi connectivity index (χ0v) is 18.5. The molecule has 1 aromatic carbocycles. The molecule has 0 radical (unpaired) electrons. The molecule has 4 nitrogen and oxygen atoms in total. The van der Waals surface area contributed by atoms with E-state index in [1.54, 1.807) is 0 Å². The zero-order valence-electron chi connectivity index (χ0n) is 18.5. The topological polar surface area (TPSA) is 42.1 Å². The number of carbonyl (C=O) groups excluding carboxylic acids is 1. The molecule has 0 N–H and O–H groups in total. The summed E-state index contributed by atoms with van der Waals surface area (Å²) in [5.74, 6) is 0.443. The standard InChI is InChI=1S/C26H32FNO3/c1-16-4-3-11-25(2)14-21-22(23-26(16,25)31-23)20(24(29)30-21)15-28-12-9-18(10-13-28)17-5-7-19(27)8-6-17/h5-9,16,20-23H,3-4,10-15H2,1-2H3/t16-,20-,21-,22+,23+,25+,26-/m1/s1. The van der Waals surface area contributed by atoms with E-state index in [4.69, 9.17) is 9.47 Å². The Labute approximate surface area is 183 Å².